The summed E-state index contributed by atoms with van der Waals surface area (Å²) in [5, 5.41) is 0. The first-order chi connectivity index (χ1) is 16.7. The molecule has 2 aromatic heterocycles. The average Bonchev–Trinajstić information content (AvgIpc) is 2.84. The van der Waals surface area contributed by atoms with Crippen molar-refractivity contribution in [3.8, 4) is 5.75 Å². The fraction of sp³-hybridized carbons (Fsp3) is 0.400. The maximum atomic E-state index is 15.4. The van der Waals surface area contributed by atoms with Crippen LogP contribution in [0.2, 0.25) is 0 Å². The summed E-state index contributed by atoms with van der Waals surface area (Å²) in [6.45, 7) is 10.1. The van der Waals surface area contributed by atoms with E-state index in [1.807, 2.05) is 18.7 Å². The Morgan fingerprint density at radius 1 is 1.20 bits per heavy atom. The molecule has 0 amide bonds. The Kier molecular flexibility index (Phi) is 6.98. The lowest BCUT2D eigenvalue weighted by atomic mass is 10.0. The number of halogens is 3. The summed E-state index contributed by atoms with van der Waals surface area (Å²) >= 11 is 0. The molecule has 1 aliphatic heterocycles. The third kappa shape index (κ3) is 4.82. The number of aryl methyl sites for hydroxylation is 1. The van der Waals surface area contributed by atoms with Crippen molar-refractivity contribution in [2.45, 2.75) is 45.5 Å². The third-order valence-electron chi connectivity index (χ3n) is 6.51. The van der Waals surface area contributed by atoms with Crippen LogP contribution in [-0.4, -0.2) is 46.2 Å². The summed E-state index contributed by atoms with van der Waals surface area (Å²) in [4.78, 5) is 24.5. The first kappa shape index (κ1) is 24.5. The van der Waals surface area contributed by atoms with Crippen LogP contribution in [-0.2, 0) is 13.6 Å². The molecule has 0 aliphatic carbocycles. The predicted octanol–water partition coefficient (Wildman–Crippen LogP) is 4.71. The summed E-state index contributed by atoms with van der Waals surface area (Å²) in [5.41, 5.74) is 1.10. The molecule has 0 N–H and O–H groups in total. The molecule has 4 rings (SSSR count). The van der Waals surface area contributed by atoms with Gasteiger partial charge in [0.05, 0.1) is 5.52 Å². The molecule has 0 bridgehead atoms. The van der Waals surface area contributed by atoms with Gasteiger partial charge in [-0.05, 0) is 43.2 Å². The van der Waals surface area contributed by atoms with Crippen molar-refractivity contribution in [3.05, 3.63) is 69.5 Å². The number of benzene rings is 1. The Balaban J connectivity index is 1.65. The third-order valence-corrected chi connectivity index (χ3v) is 6.51. The van der Waals surface area contributed by atoms with Gasteiger partial charge < -0.3 is 19.0 Å². The second-order valence-corrected chi connectivity index (χ2v) is 8.69. The molecule has 1 fully saturated rings. The highest BCUT2D eigenvalue weighted by Crippen LogP contribution is 2.33. The predicted molar refractivity (Wildman–Crippen MR) is 128 cm³/mol. The van der Waals surface area contributed by atoms with Crippen LogP contribution in [0.25, 0.3) is 15.9 Å². The number of aromatic nitrogens is 2. The number of piperazine rings is 1. The summed E-state index contributed by atoms with van der Waals surface area (Å²) in [5.74, 6) is -0.637. The van der Waals surface area contributed by atoms with Crippen molar-refractivity contribution in [1.82, 2.24) is 14.5 Å². The number of pyridine rings is 2. The smallest absolute Gasteiger partial charge is 0.387 e. The number of hydrogen-bond acceptors (Lipinski definition) is 5. The molecule has 3 aromatic rings. The van der Waals surface area contributed by atoms with E-state index in [0.29, 0.717) is 30.7 Å². The molecule has 184 valence electrons. The van der Waals surface area contributed by atoms with Crippen LogP contribution in [0, 0.1) is 12.4 Å². The first-order valence-electron chi connectivity index (χ1n) is 11.3. The lowest BCUT2D eigenvalue weighted by Crippen LogP contribution is -2.57. The minimum Gasteiger partial charge on any atom is -0.435 e. The van der Waals surface area contributed by atoms with Crippen molar-refractivity contribution >= 4 is 22.5 Å². The van der Waals surface area contributed by atoms with E-state index < -0.39 is 18.0 Å². The summed E-state index contributed by atoms with van der Waals surface area (Å²) in [7, 11) is 1.49. The van der Waals surface area contributed by atoms with Crippen molar-refractivity contribution in [2.75, 3.05) is 18.0 Å². The van der Waals surface area contributed by atoms with Crippen LogP contribution in [0.1, 0.15) is 25.8 Å². The van der Waals surface area contributed by atoms with Gasteiger partial charge in [-0.1, -0.05) is 25.6 Å². The van der Waals surface area contributed by atoms with Crippen molar-refractivity contribution < 1.29 is 17.9 Å². The highest BCUT2D eigenvalue weighted by atomic mass is 19.3. The van der Waals surface area contributed by atoms with Gasteiger partial charge >= 0.3 is 6.61 Å². The molecular formula is C25H26F3N5O2. The topological polar surface area (TPSA) is 55.0 Å². The Bertz CT molecular complexity index is 1320. The minimum atomic E-state index is -2.87. The number of anilines is 1. The van der Waals surface area contributed by atoms with E-state index in [2.05, 4.69) is 19.5 Å². The van der Waals surface area contributed by atoms with Gasteiger partial charge in [0.25, 0.3) is 11.4 Å². The van der Waals surface area contributed by atoms with Crippen molar-refractivity contribution in [1.29, 1.82) is 0 Å². The van der Waals surface area contributed by atoms with E-state index in [0.717, 1.165) is 12.0 Å². The maximum absolute atomic E-state index is 15.4. The largest absolute Gasteiger partial charge is 0.435 e. The zero-order chi connectivity index (χ0) is 25.3. The van der Waals surface area contributed by atoms with E-state index in [9.17, 15) is 13.6 Å². The Morgan fingerprint density at radius 2 is 1.91 bits per heavy atom. The normalized spacial score (nSPS) is 18.7. The lowest BCUT2D eigenvalue weighted by Gasteiger charge is -2.46. The van der Waals surface area contributed by atoms with Gasteiger partial charge in [0.1, 0.15) is 11.4 Å². The van der Waals surface area contributed by atoms with Crippen LogP contribution in [0.5, 0.6) is 5.75 Å². The second-order valence-electron chi connectivity index (χ2n) is 8.69. The first-order valence-corrected chi connectivity index (χ1v) is 11.3. The van der Waals surface area contributed by atoms with E-state index in [1.165, 1.54) is 29.8 Å². The molecule has 1 aliphatic rings. The van der Waals surface area contributed by atoms with Crippen molar-refractivity contribution in [2.24, 2.45) is 7.05 Å². The van der Waals surface area contributed by atoms with Gasteiger partial charge in [-0.25, -0.2) is 0 Å². The quantitative estimate of drug-likeness (QED) is 0.473. The summed E-state index contributed by atoms with van der Waals surface area (Å²) in [6, 6.07) is 9.59. The van der Waals surface area contributed by atoms with Gasteiger partial charge in [0, 0.05) is 38.8 Å². The van der Waals surface area contributed by atoms with Crippen LogP contribution in [0.3, 0.4) is 0 Å². The van der Waals surface area contributed by atoms with E-state index >= 15 is 4.39 Å². The SMILES string of the molecule is [C-]#[N+]c1ccc2c(n1)c(N1C[C@@H](CC)N(Cc3ccc(OC(F)F)cc3)C[C@@H]1C)c(F)c(=O)n2C. The molecule has 0 spiro atoms. The number of nitrogens with zero attached hydrogens (tertiary/aromatic N) is 5. The molecule has 35 heavy (non-hydrogen) atoms. The number of alkyl halides is 2. The highest BCUT2D eigenvalue weighted by molar-refractivity contribution is 5.90. The van der Waals surface area contributed by atoms with Gasteiger partial charge in [-0.2, -0.15) is 13.2 Å². The van der Waals surface area contributed by atoms with Gasteiger partial charge in [-0.15, -0.1) is 4.98 Å². The standard InChI is InChI=1S/C25H26F3N5O2/c1-5-17-14-33(15(2)12-32(17)13-16-6-8-18(9-7-16)35-25(27)28)23-21(26)24(34)31(4)19-10-11-20(29-3)30-22(19)23/h6-11,15,17,25H,5,12-14H2,1-2,4H3/t15-,17+/m0/s1. The molecule has 2 atom stereocenters. The van der Waals surface area contributed by atoms with Crippen molar-refractivity contribution in [3.63, 3.8) is 0 Å². The molecule has 7 nitrogen and oxygen atoms in total. The zero-order valence-corrected chi connectivity index (χ0v) is 19.7. The van der Waals surface area contributed by atoms with E-state index in [-0.39, 0.29) is 29.3 Å². The molecule has 1 aromatic carbocycles. The zero-order valence-electron chi connectivity index (χ0n) is 19.7. The monoisotopic (exact) mass is 485 g/mol. The number of hydrogen-bond donors (Lipinski definition) is 0. The molecule has 1 saturated heterocycles. The lowest BCUT2D eigenvalue weighted by molar-refractivity contribution is -0.0498. The van der Waals surface area contributed by atoms with Gasteiger partial charge in [0.2, 0.25) is 11.3 Å². The molecular weight excluding hydrogens is 459 g/mol. The second kappa shape index (κ2) is 9.96. The fourth-order valence-corrected chi connectivity index (χ4v) is 4.69. The van der Waals surface area contributed by atoms with Gasteiger partial charge in [0.15, 0.2) is 0 Å². The van der Waals surface area contributed by atoms with E-state index in [1.54, 1.807) is 18.2 Å². The Hall–Kier alpha value is -3.58. The van der Waals surface area contributed by atoms with Gasteiger partial charge in [-0.3, -0.25) is 9.69 Å². The molecule has 0 radical (unpaired) electrons. The number of rotatable bonds is 6. The molecule has 3 heterocycles. The molecule has 0 saturated carbocycles. The Labute approximate surface area is 201 Å². The highest BCUT2D eigenvalue weighted by Gasteiger charge is 2.35. The average molecular weight is 486 g/mol. The van der Waals surface area contributed by atoms with Crippen LogP contribution in [0.4, 0.5) is 24.7 Å². The van der Waals surface area contributed by atoms with Crippen LogP contribution in [0.15, 0.2) is 41.2 Å². The maximum Gasteiger partial charge on any atom is 0.387 e. The fourth-order valence-electron chi connectivity index (χ4n) is 4.69. The molecule has 0 unspecified atom stereocenters. The summed E-state index contributed by atoms with van der Waals surface area (Å²) < 4.78 is 45.9. The minimum absolute atomic E-state index is 0.0470. The number of fused-ring (bicyclic) bond motifs is 1. The Morgan fingerprint density at radius 3 is 2.54 bits per heavy atom. The summed E-state index contributed by atoms with van der Waals surface area (Å²) in [6.07, 6.45) is 0.779. The van der Waals surface area contributed by atoms with Crippen LogP contribution >= 0.6 is 0 Å². The molecule has 10 heteroatoms. The van der Waals surface area contributed by atoms with E-state index in [4.69, 9.17) is 6.57 Å². The number of ether oxygens (including phenoxy) is 1. The van der Waals surface area contributed by atoms with Crippen LogP contribution < -0.4 is 15.2 Å².